The van der Waals surface area contributed by atoms with Crippen LogP contribution in [0.25, 0.3) is 32.6 Å². The molecule has 4 aromatic rings. The average molecular weight is 543 g/mol. The Morgan fingerprint density at radius 3 is 2.51 bits per heavy atom. The van der Waals surface area contributed by atoms with Crippen molar-refractivity contribution in [2.24, 2.45) is 0 Å². The number of thiazole rings is 1. The topological polar surface area (TPSA) is 162 Å². The number of aliphatic hydroxyl groups excluding tert-OH is 1. The van der Waals surface area contributed by atoms with Gasteiger partial charge in [0.25, 0.3) is 0 Å². The molecule has 0 saturated heterocycles. The van der Waals surface area contributed by atoms with E-state index in [0.29, 0.717) is 22.8 Å². The third-order valence-corrected chi connectivity index (χ3v) is 7.73. The first-order chi connectivity index (χ1) is 17.7. The van der Waals surface area contributed by atoms with Gasteiger partial charge in [0, 0.05) is 49.9 Å². The minimum Gasteiger partial charge on any atom is -0.395 e. The molecule has 3 heterocycles. The zero-order chi connectivity index (χ0) is 26.6. The Balaban J connectivity index is 1.72. The Morgan fingerprint density at radius 1 is 1.11 bits per heavy atom. The van der Waals surface area contributed by atoms with Crippen LogP contribution in [-0.4, -0.2) is 70.5 Å². The van der Waals surface area contributed by atoms with E-state index in [0.717, 1.165) is 31.4 Å². The summed E-state index contributed by atoms with van der Waals surface area (Å²) < 4.78 is 28.7. The number of aliphatic hydroxyl groups is 1. The third-order valence-electron chi connectivity index (χ3n) is 5.27. The predicted molar refractivity (Wildman–Crippen MR) is 144 cm³/mol. The summed E-state index contributed by atoms with van der Waals surface area (Å²) in [7, 11) is -2.56. The van der Waals surface area contributed by atoms with E-state index in [1.165, 1.54) is 30.8 Å². The summed E-state index contributed by atoms with van der Waals surface area (Å²) in [4.78, 5) is 29.5. The number of urea groups is 1. The Morgan fingerprint density at radius 2 is 1.86 bits per heavy atom. The lowest BCUT2D eigenvalue weighted by molar-refractivity contribution is 0.252. The van der Waals surface area contributed by atoms with Gasteiger partial charge in [0.2, 0.25) is 5.95 Å². The number of aryl methyl sites for hydroxylation is 1. The van der Waals surface area contributed by atoms with E-state index < -0.39 is 10.2 Å². The molecule has 3 aromatic heterocycles. The molecule has 37 heavy (non-hydrogen) atoms. The number of fused-ring (bicyclic) bond motifs is 1. The van der Waals surface area contributed by atoms with Gasteiger partial charge in [-0.1, -0.05) is 17.4 Å². The smallest absolute Gasteiger partial charge is 0.321 e. The number of likely N-dealkylation sites (N-methyl/N-ethyl adjacent to an activating group) is 1. The van der Waals surface area contributed by atoms with Crippen molar-refractivity contribution in [2.75, 3.05) is 36.8 Å². The number of carbonyl (C=O) groups excluding carboxylic acids is 1. The van der Waals surface area contributed by atoms with Gasteiger partial charge in [-0.3, -0.25) is 10.3 Å². The summed E-state index contributed by atoms with van der Waals surface area (Å²) in [5.74, 6) is -0.0999. The molecule has 0 bridgehead atoms. The number of amides is 2. The van der Waals surface area contributed by atoms with Crippen LogP contribution >= 0.6 is 11.3 Å². The van der Waals surface area contributed by atoms with Gasteiger partial charge < -0.3 is 10.4 Å². The monoisotopic (exact) mass is 542 g/mol. The number of rotatable bonds is 9. The highest BCUT2D eigenvalue weighted by Gasteiger charge is 2.19. The molecule has 4 rings (SSSR count). The number of pyridine rings is 1. The normalized spacial score (nSPS) is 11.6. The minimum absolute atomic E-state index is 0.0617. The number of hydrogen-bond donors (Lipinski definition) is 4. The summed E-state index contributed by atoms with van der Waals surface area (Å²) in [6.45, 7) is 3.90. The van der Waals surface area contributed by atoms with Crippen molar-refractivity contribution in [1.29, 1.82) is 0 Å². The van der Waals surface area contributed by atoms with Gasteiger partial charge in [0.1, 0.15) is 0 Å². The molecule has 0 atom stereocenters. The summed E-state index contributed by atoms with van der Waals surface area (Å²) in [5, 5.41) is 14.9. The Bertz CT molecular complexity index is 1510. The Hall–Kier alpha value is -3.72. The van der Waals surface area contributed by atoms with Crippen LogP contribution in [0.1, 0.15) is 12.5 Å². The molecule has 12 nitrogen and oxygen atoms in total. The molecule has 0 radical (unpaired) electrons. The van der Waals surface area contributed by atoms with Crippen LogP contribution in [0.5, 0.6) is 0 Å². The van der Waals surface area contributed by atoms with Crippen LogP contribution in [0.15, 0.2) is 42.9 Å². The summed E-state index contributed by atoms with van der Waals surface area (Å²) >= 11 is 1.34. The molecule has 0 saturated carbocycles. The molecule has 0 fully saturated rings. The first-order valence-corrected chi connectivity index (χ1v) is 13.6. The van der Waals surface area contributed by atoms with Crippen molar-refractivity contribution >= 4 is 48.9 Å². The predicted octanol–water partition coefficient (Wildman–Crippen LogP) is 2.85. The number of carbonyl (C=O) groups is 1. The highest BCUT2D eigenvalue weighted by Crippen LogP contribution is 2.38. The van der Waals surface area contributed by atoms with Gasteiger partial charge in [-0.05, 0) is 43.2 Å². The highest BCUT2D eigenvalue weighted by atomic mass is 32.2. The van der Waals surface area contributed by atoms with Crippen molar-refractivity contribution in [1.82, 2.24) is 29.6 Å². The molecule has 2 amide bonds. The maximum Gasteiger partial charge on any atom is 0.321 e. The van der Waals surface area contributed by atoms with E-state index >= 15 is 0 Å². The largest absolute Gasteiger partial charge is 0.395 e. The minimum atomic E-state index is -3.90. The molecule has 0 aliphatic rings. The SMILES string of the molecule is CCNC(=O)Nc1nc2cc(-c3cnc(NS(=O)(=O)N(C)CCO)nc3)cc(-c3ccc(C)cn3)c2s1. The zero-order valence-electron chi connectivity index (χ0n) is 20.4. The molecular weight excluding hydrogens is 516 g/mol. The maximum absolute atomic E-state index is 12.3. The highest BCUT2D eigenvalue weighted by molar-refractivity contribution is 7.90. The third kappa shape index (κ3) is 6.17. The molecular formula is C23H26N8O4S2. The van der Waals surface area contributed by atoms with Crippen LogP contribution in [0, 0.1) is 6.92 Å². The van der Waals surface area contributed by atoms with Gasteiger partial charge in [-0.15, -0.1) is 0 Å². The lowest BCUT2D eigenvalue weighted by atomic mass is 10.0. The van der Waals surface area contributed by atoms with Crippen molar-refractivity contribution in [3.63, 3.8) is 0 Å². The van der Waals surface area contributed by atoms with E-state index in [-0.39, 0.29) is 25.1 Å². The standard InChI is InChI=1S/C23H26N8O4S2/c1-4-24-22(33)29-23-28-19-10-15(9-17(20(19)36-23)18-6-5-14(2)11-25-18)16-12-26-21(27-13-16)30-37(34,35)31(3)7-8-32/h5-6,9-13,32H,4,7-8H2,1-3H3,(H,26,27,30)(H2,24,28,29,33). The van der Waals surface area contributed by atoms with Crippen LogP contribution in [-0.2, 0) is 10.2 Å². The number of hydrogen-bond acceptors (Lipinski definition) is 9. The van der Waals surface area contributed by atoms with Crippen molar-refractivity contribution in [3.05, 3.63) is 48.4 Å². The summed E-state index contributed by atoms with van der Waals surface area (Å²) in [5.41, 5.74) is 4.61. The number of anilines is 2. The van der Waals surface area contributed by atoms with Crippen molar-refractivity contribution in [3.8, 4) is 22.4 Å². The second-order valence-electron chi connectivity index (χ2n) is 8.04. The molecule has 0 aliphatic carbocycles. The number of nitrogens with one attached hydrogen (secondary N) is 3. The molecule has 1 aromatic carbocycles. The second-order valence-corrected chi connectivity index (χ2v) is 10.8. The Labute approximate surface area is 218 Å². The molecule has 194 valence electrons. The van der Waals surface area contributed by atoms with Gasteiger partial charge in [-0.25, -0.2) is 24.5 Å². The molecule has 14 heteroatoms. The van der Waals surface area contributed by atoms with Gasteiger partial charge >= 0.3 is 16.2 Å². The lowest BCUT2D eigenvalue weighted by Crippen LogP contribution is -2.35. The van der Waals surface area contributed by atoms with Crippen molar-refractivity contribution < 1.29 is 18.3 Å². The van der Waals surface area contributed by atoms with Crippen LogP contribution in [0.4, 0.5) is 15.9 Å². The van der Waals surface area contributed by atoms with E-state index in [9.17, 15) is 13.2 Å². The fraction of sp³-hybridized carbons (Fsp3) is 0.261. The number of nitrogens with zero attached hydrogens (tertiary/aromatic N) is 5. The first kappa shape index (κ1) is 26.3. The molecule has 4 N–H and O–H groups in total. The first-order valence-electron chi connectivity index (χ1n) is 11.3. The quantitative estimate of drug-likeness (QED) is 0.251. The summed E-state index contributed by atoms with van der Waals surface area (Å²) in [6, 6.07) is 7.33. The summed E-state index contributed by atoms with van der Waals surface area (Å²) in [6.07, 6.45) is 4.79. The average Bonchev–Trinajstić information content (AvgIpc) is 3.26. The molecule has 0 unspecified atom stereocenters. The van der Waals surface area contributed by atoms with Crippen LogP contribution in [0.3, 0.4) is 0 Å². The van der Waals surface area contributed by atoms with Gasteiger partial charge in [0.15, 0.2) is 5.13 Å². The number of aromatic nitrogens is 4. The lowest BCUT2D eigenvalue weighted by Gasteiger charge is -2.16. The van der Waals surface area contributed by atoms with E-state index in [1.54, 1.807) is 6.20 Å². The van der Waals surface area contributed by atoms with E-state index in [2.05, 4.69) is 35.3 Å². The van der Waals surface area contributed by atoms with E-state index in [4.69, 9.17) is 5.11 Å². The Kier molecular flexibility index (Phi) is 7.92. The van der Waals surface area contributed by atoms with E-state index in [1.807, 2.05) is 38.1 Å². The fourth-order valence-corrected chi connectivity index (χ4v) is 5.13. The van der Waals surface area contributed by atoms with Gasteiger partial charge in [-0.2, -0.15) is 12.7 Å². The molecule has 0 aliphatic heterocycles. The second kappa shape index (κ2) is 11.1. The fourth-order valence-electron chi connectivity index (χ4n) is 3.36. The zero-order valence-corrected chi connectivity index (χ0v) is 22.0. The number of benzene rings is 1. The van der Waals surface area contributed by atoms with Gasteiger partial charge in [0.05, 0.1) is 22.5 Å². The van der Waals surface area contributed by atoms with Crippen LogP contribution < -0.4 is 15.4 Å². The molecule has 0 spiro atoms. The maximum atomic E-state index is 12.3. The van der Waals surface area contributed by atoms with Crippen LogP contribution in [0.2, 0.25) is 0 Å². The van der Waals surface area contributed by atoms with Crippen molar-refractivity contribution in [2.45, 2.75) is 13.8 Å².